The Hall–Kier alpha value is -2.84. The summed E-state index contributed by atoms with van der Waals surface area (Å²) in [5.74, 6) is 1.09. The van der Waals surface area contributed by atoms with Crippen LogP contribution in [0.4, 0.5) is 5.82 Å². The molecule has 2 heterocycles. The predicted molar refractivity (Wildman–Crippen MR) is 97.1 cm³/mol. The lowest BCUT2D eigenvalue weighted by Gasteiger charge is -2.15. The van der Waals surface area contributed by atoms with E-state index in [0.29, 0.717) is 22.5 Å². The first-order chi connectivity index (χ1) is 12.2. The van der Waals surface area contributed by atoms with Gasteiger partial charge in [-0.3, -0.25) is 0 Å². The molecule has 1 atom stereocenters. The normalized spacial score (nSPS) is 16.8. The number of halogens is 1. The Balaban J connectivity index is 1.62. The van der Waals surface area contributed by atoms with Gasteiger partial charge >= 0.3 is 0 Å². The van der Waals surface area contributed by atoms with E-state index in [2.05, 4.69) is 45.4 Å². The minimum absolute atomic E-state index is 0.341. The van der Waals surface area contributed by atoms with Crippen LogP contribution in [0.15, 0.2) is 54.6 Å². The zero-order valence-corrected chi connectivity index (χ0v) is 14.3. The summed E-state index contributed by atoms with van der Waals surface area (Å²) in [7, 11) is 0. The number of nitriles is 1. The van der Waals surface area contributed by atoms with Crippen molar-refractivity contribution in [3.8, 4) is 11.8 Å². The Morgan fingerprint density at radius 1 is 1.08 bits per heavy atom. The molecule has 0 unspecified atom stereocenters. The fourth-order valence-electron chi connectivity index (χ4n) is 3.25. The van der Waals surface area contributed by atoms with Gasteiger partial charge in [0, 0.05) is 24.0 Å². The number of anilines is 1. The third-order valence-corrected chi connectivity index (χ3v) is 4.73. The van der Waals surface area contributed by atoms with Crippen molar-refractivity contribution >= 4 is 17.4 Å². The molecule has 1 aliphatic heterocycles. The van der Waals surface area contributed by atoms with Crippen LogP contribution in [0.2, 0.25) is 5.02 Å². The summed E-state index contributed by atoms with van der Waals surface area (Å²) in [6.07, 6.45) is 1.04. The molecule has 5 nitrogen and oxygen atoms in total. The molecule has 4 rings (SSSR count). The summed E-state index contributed by atoms with van der Waals surface area (Å²) >= 11 is 6.04. The zero-order valence-electron chi connectivity index (χ0n) is 13.5. The molecule has 0 bridgehead atoms. The average Bonchev–Trinajstić information content (AvgIpc) is 3.29. The summed E-state index contributed by atoms with van der Waals surface area (Å²) in [6, 6.07) is 19.9. The van der Waals surface area contributed by atoms with Gasteiger partial charge in [-0.1, -0.05) is 48.0 Å². The number of nitrogens with zero attached hydrogens (tertiary/aromatic N) is 5. The van der Waals surface area contributed by atoms with Crippen molar-refractivity contribution in [2.45, 2.75) is 12.3 Å². The molecule has 6 heteroatoms. The van der Waals surface area contributed by atoms with Crippen LogP contribution in [0.25, 0.3) is 5.69 Å². The smallest absolute Gasteiger partial charge is 0.207 e. The van der Waals surface area contributed by atoms with Crippen molar-refractivity contribution in [2.75, 3.05) is 18.0 Å². The lowest BCUT2D eigenvalue weighted by Crippen LogP contribution is -2.20. The van der Waals surface area contributed by atoms with Gasteiger partial charge in [-0.2, -0.15) is 5.26 Å². The van der Waals surface area contributed by atoms with Crippen molar-refractivity contribution in [1.82, 2.24) is 15.0 Å². The molecule has 3 aromatic rings. The lowest BCUT2D eigenvalue weighted by atomic mass is 9.99. The number of aromatic nitrogens is 3. The lowest BCUT2D eigenvalue weighted by molar-refractivity contribution is 0.741. The van der Waals surface area contributed by atoms with E-state index < -0.39 is 0 Å². The van der Waals surface area contributed by atoms with Gasteiger partial charge in [0.1, 0.15) is 6.07 Å². The van der Waals surface area contributed by atoms with Crippen molar-refractivity contribution in [3.63, 3.8) is 0 Å². The molecule has 2 aromatic carbocycles. The molecule has 0 spiro atoms. The maximum atomic E-state index is 9.46. The Morgan fingerprint density at radius 2 is 1.92 bits per heavy atom. The molecule has 1 fully saturated rings. The van der Waals surface area contributed by atoms with Crippen molar-refractivity contribution in [1.29, 1.82) is 5.26 Å². The summed E-state index contributed by atoms with van der Waals surface area (Å²) in [5, 5.41) is 18.9. The molecule has 124 valence electrons. The van der Waals surface area contributed by atoms with Gasteiger partial charge in [-0.15, -0.1) is 15.0 Å². The zero-order chi connectivity index (χ0) is 17.2. The molecule has 1 aliphatic rings. The first-order valence-electron chi connectivity index (χ1n) is 8.18. The fourth-order valence-corrected chi connectivity index (χ4v) is 3.43. The monoisotopic (exact) mass is 349 g/mol. The van der Waals surface area contributed by atoms with Gasteiger partial charge in [0.25, 0.3) is 0 Å². The summed E-state index contributed by atoms with van der Waals surface area (Å²) in [5.41, 5.74) is 2.41. The molecule has 0 radical (unpaired) electrons. The molecule has 1 aromatic heterocycles. The highest BCUT2D eigenvalue weighted by Crippen LogP contribution is 2.31. The maximum absolute atomic E-state index is 9.46. The van der Waals surface area contributed by atoms with Gasteiger partial charge in [0.05, 0.1) is 5.69 Å². The molecule has 25 heavy (non-hydrogen) atoms. The van der Waals surface area contributed by atoms with Crippen LogP contribution >= 0.6 is 11.6 Å². The van der Waals surface area contributed by atoms with Gasteiger partial charge in [0.15, 0.2) is 5.82 Å². The van der Waals surface area contributed by atoms with Crippen LogP contribution in [-0.2, 0) is 0 Å². The van der Waals surface area contributed by atoms with Gasteiger partial charge in [-0.25, -0.2) is 0 Å². The summed E-state index contributed by atoms with van der Waals surface area (Å²) < 4.78 is 0. The Labute approximate surface area is 151 Å². The van der Waals surface area contributed by atoms with Crippen molar-refractivity contribution < 1.29 is 0 Å². The van der Waals surface area contributed by atoms with E-state index >= 15 is 0 Å². The number of rotatable bonds is 3. The molecule has 0 amide bonds. The second-order valence-electron chi connectivity index (χ2n) is 6.10. The molecular weight excluding hydrogens is 334 g/mol. The van der Waals surface area contributed by atoms with E-state index in [-0.39, 0.29) is 0 Å². The van der Waals surface area contributed by atoms with Gasteiger partial charge < -0.3 is 4.90 Å². The number of hydrogen-bond donors (Lipinski definition) is 0. The van der Waals surface area contributed by atoms with E-state index in [1.54, 1.807) is 12.1 Å². The van der Waals surface area contributed by atoms with Crippen molar-refractivity contribution in [2.24, 2.45) is 0 Å². The van der Waals surface area contributed by atoms with Crippen LogP contribution in [0.3, 0.4) is 0 Å². The molecule has 0 N–H and O–H groups in total. The van der Waals surface area contributed by atoms with E-state index in [1.807, 2.05) is 18.2 Å². The van der Waals surface area contributed by atoms with E-state index in [1.165, 1.54) is 10.4 Å². The second kappa shape index (κ2) is 6.58. The fraction of sp³-hybridized carbons (Fsp3) is 0.211. The Kier molecular flexibility index (Phi) is 4.12. The van der Waals surface area contributed by atoms with E-state index in [9.17, 15) is 5.26 Å². The standard InChI is InChI=1S/C19H16ClN5/c20-16-7-4-8-17(11-16)25-22-18(12-21)19(23-25)24-10-9-15(13-24)14-5-2-1-3-6-14/h1-8,11,15H,9-10,13H2/t15-/m0/s1. The van der Waals surface area contributed by atoms with Crippen molar-refractivity contribution in [3.05, 3.63) is 70.9 Å². The predicted octanol–water partition coefficient (Wildman–Crippen LogP) is 3.79. The highest BCUT2D eigenvalue weighted by Gasteiger charge is 2.28. The minimum atomic E-state index is 0.341. The molecule has 0 aliphatic carbocycles. The number of hydrogen-bond acceptors (Lipinski definition) is 4. The Morgan fingerprint density at radius 3 is 2.68 bits per heavy atom. The quantitative estimate of drug-likeness (QED) is 0.722. The third kappa shape index (κ3) is 3.09. The highest BCUT2D eigenvalue weighted by atomic mass is 35.5. The molecule has 0 saturated carbocycles. The first-order valence-corrected chi connectivity index (χ1v) is 8.55. The topological polar surface area (TPSA) is 57.7 Å². The summed E-state index contributed by atoms with van der Waals surface area (Å²) in [4.78, 5) is 3.62. The second-order valence-corrected chi connectivity index (χ2v) is 6.53. The SMILES string of the molecule is N#Cc1nn(-c2cccc(Cl)c2)nc1N1CC[C@H](c2ccccc2)C1. The minimum Gasteiger partial charge on any atom is -0.352 e. The largest absolute Gasteiger partial charge is 0.352 e. The molecule has 1 saturated heterocycles. The number of benzene rings is 2. The van der Waals surface area contributed by atoms with Crippen LogP contribution < -0.4 is 4.90 Å². The van der Waals surface area contributed by atoms with Gasteiger partial charge in [-0.05, 0) is 30.2 Å². The van der Waals surface area contributed by atoms with E-state index in [0.717, 1.165) is 25.2 Å². The van der Waals surface area contributed by atoms with Crippen LogP contribution in [0, 0.1) is 11.3 Å². The Bertz CT molecular complexity index is 928. The van der Waals surface area contributed by atoms with E-state index in [4.69, 9.17) is 11.6 Å². The van der Waals surface area contributed by atoms with Crippen LogP contribution in [0.5, 0.6) is 0 Å². The highest BCUT2D eigenvalue weighted by molar-refractivity contribution is 6.30. The van der Waals surface area contributed by atoms with Crippen LogP contribution in [-0.4, -0.2) is 28.1 Å². The van der Waals surface area contributed by atoms with Crippen LogP contribution in [0.1, 0.15) is 23.6 Å². The third-order valence-electron chi connectivity index (χ3n) is 4.50. The molecular formula is C19H16ClN5. The maximum Gasteiger partial charge on any atom is 0.207 e. The average molecular weight is 350 g/mol. The first kappa shape index (κ1) is 15.7. The van der Waals surface area contributed by atoms with Gasteiger partial charge in [0.2, 0.25) is 5.69 Å². The summed E-state index contributed by atoms with van der Waals surface area (Å²) in [6.45, 7) is 1.70.